The predicted octanol–water partition coefficient (Wildman–Crippen LogP) is 0.438. The van der Waals surface area contributed by atoms with Crippen molar-refractivity contribution in [3.63, 3.8) is 0 Å². The lowest BCUT2D eigenvalue weighted by Crippen LogP contribution is -2.69. The molecular formula is C63H95N3O20. The number of nitrogens with zero attached hydrogens (tertiary/aromatic N) is 2. The molecule has 482 valence electrons. The largest absolute Gasteiger partial charge is 0.462 e. The van der Waals surface area contributed by atoms with Gasteiger partial charge in [0.1, 0.15) is 30.5 Å². The second-order valence-corrected chi connectivity index (χ2v) is 23.7. The Hall–Kier alpha value is -4.58. The SMILES string of the molecule is C[C@@H]1[C@H](O)[C@@H](C)\C=C/C=C\C=C/C=C\C=C/C=C\C=C/[C@H](O[C@@H]2O[C@H](C)[C@@H](O)[C@H](NC[C@@]3(O)OC[C@@H](O)[C@H](O)[C@@H]3O)[C@@H]2O)CC2O[C@@](O)(CCC2C(=O)N2CCN(c3ccccc3)CC2)C[C@@H](O)C[C@@H](O)[C@H](O)CC[C@@H](O)C[C@@H](O)CC(=O)O[C@H]1C. The Labute approximate surface area is 504 Å². The lowest BCUT2D eigenvalue weighted by molar-refractivity contribution is -0.322. The summed E-state index contributed by atoms with van der Waals surface area (Å²) in [6.07, 6.45) is 1.17. The summed E-state index contributed by atoms with van der Waals surface area (Å²) >= 11 is 0. The quantitative estimate of drug-likeness (QED) is 0.165. The van der Waals surface area contributed by atoms with Crippen molar-refractivity contribution in [3.8, 4) is 0 Å². The number of amides is 1. The number of hydrogen-bond donors (Lipinski definition) is 14. The number of rotatable bonds is 7. The maximum absolute atomic E-state index is 14.8. The molecule has 2 bridgehead atoms. The molecule has 0 aliphatic carbocycles. The maximum atomic E-state index is 14.8. The minimum Gasteiger partial charge on any atom is -0.462 e. The first-order valence-corrected chi connectivity index (χ1v) is 30.1. The molecule has 0 aromatic heterocycles. The topological polar surface area (TPSA) is 362 Å². The Morgan fingerprint density at radius 2 is 1.27 bits per heavy atom. The molecule has 23 nitrogen and oxygen atoms in total. The van der Waals surface area contributed by atoms with E-state index in [1.165, 1.54) is 6.92 Å². The highest BCUT2D eigenvalue weighted by Gasteiger charge is 2.52. The van der Waals surface area contributed by atoms with Crippen LogP contribution in [0, 0.1) is 17.8 Å². The van der Waals surface area contributed by atoms with Gasteiger partial charge in [-0.15, -0.1) is 0 Å². The van der Waals surface area contributed by atoms with Gasteiger partial charge in [0.15, 0.2) is 12.1 Å². The molecule has 6 rings (SSSR count). The van der Waals surface area contributed by atoms with Crippen LogP contribution in [-0.2, 0) is 33.3 Å². The normalized spacial score (nSPS) is 42.9. The van der Waals surface area contributed by atoms with Crippen molar-refractivity contribution in [2.75, 3.05) is 44.2 Å². The Bertz CT molecular complexity index is 2440. The van der Waals surface area contributed by atoms with Crippen molar-refractivity contribution in [2.24, 2.45) is 17.8 Å². The zero-order chi connectivity index (χ0) is 62.7. The van der Waals surface area contributed by atoms with Gasteiger partial charge in [0, 0.05) is 69.4 Å². The number of anilines is 1. The molecule has 2 unspecified atom stereocenters. The molecule has 0 radical (unpaired) electrons. The smallest absolute Gasteiger partial charge is 0.308 e. The summed E-state index contributed by atoms with van der Waals surface area (Å²) in [4.78, 5) is 31.5. The average Bonchev–Trinajstić information content (AvgIpc) is 1.48. The van der Waals surface area contributed by atoms with Crippen LogP contribution in [0.2, 0.25) is 0 Å². The number of hydrogen-bond acceptors (Lipinski definition) is 22. The third-order valence-corrected chi connectivity index (χ3v) is 16.9. The summed E-state index contributed by atoms with van der Waals surface area (Å²) in [5.41, 5.74) is 1.01. The van der Waals surface area contributed by atoms with Crippen LogP contribution in [0.15, 0.2) is 115 Å². The number of benzene rings is 1. The van der Waals surface area contributed by atoms with Gasteiger partial charge >= 0.3 is 5.97 Å². The number of carbonyl (C=O) groups is 2. The molecular weight excluding hydrogens is 1120 g/mol. The van der Waals surface area contributed by atoms with Crippen LogP contribution in [0.1, 0.15) is 85.5 Å². The molecule has 1 aromatic carbocycles. The van der Waals surface area contributed by atoms with E-state index in [1.54, 1.807) is 73.4 Å². The molecule has 22 atom stereocenters. The van der Waals surface area contributed by atoms with Gasteiger partial charge in [0.25, 0.3) is 0 Å². The number of aliphatic hydroxyl groups excluding tert-OH is 11. The fourth-order valence-corrected chi connectivity index (χ4v) is 11.4. The van der Waals surface area contributed by atoms with Crippen LogP contribution in [0.3, 0.4) is 0 Å². The Balaban J connectivity index is 1.26. The number of carbonyl (C=O) groups excluding carboxylic acids is 2. The first-order valence-electron chi connectivity index (χ1n) is 30.1. The minimum absolute atomic E-state index is 0.0797. The highest BCUT2D eigenvalue weighted by molar-refractivity contribution is 5.80. The fraction of sp³-hybridized carbons (Fsp3) is 0.651. The van der Waals surface area contributed by atoms with Gasteiger partial charge in [-0.1, -0.05) is 117 Å². The summed E-state index contributed by atoms with van der Waals surface area (Å²) in [5.74, 6) is -7.15. The predicted molar refractivity (Wildman–Crippen MR) is 316 cm³/mol. The molecule has 14 N–H and O–H groups in total. The van der Waals surface area contributed by atoms with E-state index in [1.807, 2.05) is 67.6 Å². The molecule has 0 saturated carbocycles. The highest BCUT2D eigenvalue weighted by atomic mass is 16.7. The van der Waals surface area contributed by atoms with Crippen molar-refractivity contribution >= 4 is 17.6 Å². The van der Waals surface area contributed by atoms with Crippen LogP contribution in [0.5, 0.6) is 0 Å². The Kier molecular flexibility index (Phi) is 27.7. The molecule has 5 aliphatic rings. The zero-order valence-electron chi connectivity index (χ0n) is 49.7. The van der Waals surface area contributed by atoms with Crippen LogP contribution in [0.25, 0.3) is 0 Å². The van der Waals surface area contributed by atoms with Crippen LogP contribution in [-0.4, -0.2) is 238 Å². The van der Waals surface area contributed by atoms with Gasteiger partial charge < -0.3 is 105 Å². The molecule has 0 spiro atoms. The van der Waals surface area contributed by atoms with Gasteiger partial charge in [0.05, 0.1) is 92.6 Å². The molecule has 4 saturated heterocycles. The van der Waals surface area contributed by atoms with Gasteiger partial charge in [0.2, 0.25) is 11.7 Å². The third-order valence-electron chi connectivity index (χ3n) is 16.9. The standard InChI is InChI=1S/C63H95N3O20/c1-39-20-16-13-11-9-7-5-6-8-10-12-14-19-23-47(85-61-58(77)54(56(75)42(4)84-61)64-38-63(81)59(78)57(76)51(72)37-82-63)35-52-48(60(79)66-30-28-65(29-31-66)43-21-17-15-18-22-43)26-27-62(80,86-52)36-46(69)33-50(71)49(70)25-24-44(67)32-45(68)34-53(73)83-41(3)40(2)55(39)74/h5-23,39-42,44-52,54-59,61,64,67-72,74-78,80-81H,24-38H2,1-4H3/b6-5-,9-7-,10-8-,13-11-,14-12-,20-16-,23-19-/t39-,40-,41-,42+,44+,45+,46-,47-,48?,49+,50+,51+,52?,54-,55+,56+,57-,58-,59-,61-,62-,63+/m0/s1. The molecule has 5 heterocycles. The molecule has 5 aliphatic heterocycles. The first-order chi connectivity index (χ1) is 40.9. The van der Waals surface area contributed by atoms with Crippen molar-refractivity contribution in [3.05, 3.63) is 115 Å². The van der Waals surface area contributed by atoms with E-state index in [0.717, 1.165) is 5.69 Å². The number of fused-ring (bicyclic) bond motifs is 2. The van der Waals surface area contributed by atoms with E-state index in [0.29, 0.717) is 26.2 Å². The van der Waals surface area contributed by atoms with E-state index < -0.39 is 166 Å². The van der Waals surface area contributed by atoms with Gasteiger partial charge in [-0.2, -0.15) is 0 Å². The molecule has 1 amide bonds. The molecule has 86 heavy (non-hydrogen) atoms. The number of esters is 1. The fourth-order valence-electron chi connectivity index (χ4n) is 11.4. The summed E-state index contributed by atoms with van der Waals surface area (Å²) in [6, 6.07) is 8.49. The van der Waals surface area contributed by atoms with E-state index in [-0.39, 0.29) is 50.4 Å². The number of allylic oxidation sites excluding steroid dienone is 12. The Morgan fingerprint density at radius 1 is 0.651 bits per heavy atom. The lowest BCUT2D eigenvalue weighted by atomic mass is 9.83. The number of para-hydroxylation sites is 1. The highest BCUT2D eigenvalue weighted by Crippen LogP contribution is 2.39. The molecule has 1 aromatic rings. The first kappa shape index (κ1) is 70.5. The van der Waals surface area contributed by atoms with E-state index in [4.69, 9.17) is 23.7 Å². The Morgan fingerprint density at radius 3 is 1.91 bits per heavy atom. The van der Waals surface area contributed by atoms with Gasteiger partial charge in [-0.3, -0.25) is 9.59 Å². The maximum Gasteiger partial charge on any atom is 0.308 e. The van der Waals surface area contributed by atoms with E-state index in [2.05, 4.69) is 10.2 Å². The van der Waals surface area contributed by atoms with Gasteiger partial charge in [-0.05, 0) is 51.7 Å². The summed E-state index contributed by atoms with van der Waals surface area (Å²) in [5, 5.41) is 146. The number of piperazine rings is 1. The lowest BCUT2D eigenvalue weighted by Gasteiger charge is -2.47. The second kappa shape index (κ2) is 33.8. The van der Waals surface area contributed by atoms with Crippen LogP contribution >= 0.6 is 0 Å². The molecule has 23 heteroatoms. The van der Waals surface area contributed by atoms with Crippen molar-refractivity contribution in [1.82, 2.24) is 10.2 Å². The van der Waals surface area contributed by atoms with E-state index in [9.17, 15) is 76.0 Å². The average molecular weight is 1210 g/mol. The number of cyclic esters (lactones) is 1. The summed E-state index contributed by atoms with van der Waals surface area (Å²) in [6.45, 7) is 7.44. The van der Waals surface area contributed by atoms with Crippen LogP contribution < -0.4 is 10.2 Å². The number of nitrogens with one attached hydrogen (secondary N) is 1. The number of aliphatic hydroxyl groups is 13. The minimum atomic E-state index is -2.44. The van der Waals surface area contributed by atoms with Crippen molar-refractivity contribution < 1.29 is 99.7 Å². The third kappa shape index (κ3) is 20.8. The van der Waals surface area contributed by atoms with Crippen molar-refractivity contribution in [2.45, 2.75) is 201 Å². The summed E-state index contributed by atoms with van der Waals surface area (Å²) < 4.78 is 29.9. The van der Waals surface area contributed by atoms with E-state index >= 15 is 0 Å². The number of ether oxygens (including phenoxy) is 5. The second-order valence-electron chi connectivity index (χ2n) is 23.7. The summed E-state index contributed by atoms with van der Waals surface area (Å²) in [7, 11) is 0. The zero-order valence-corrected chi connectivity index (χ0v) is 49.7. The van der Waals surface area contributed by atoms with Gasteiger partial charge in [-0.25, -0.2) is 0 Å². The van der Waals surface area contributed by atoms with Crippen molar-refractivity contribution in [1.29, 1.82) is 0 Å². The monoisotopic (exact) mass is 1210 g/mol. The van der Waals surface area contributed by atoms with Crippen LogP contribution in [0.4, 0.5) is 5.69 Å². The molecule has 4 fully saturated rings.